The predicted octanol–water partition coefficient (Wildman–Crippen LogP) is 3.89. The summed E-state index contributed by atoms with van der Waals surface area (Å²) in [5, 5.41) is 9.47. The minimum absolute atomic E-state index is 0.340. The Kier molecular flexibility index (Phi) is 3.50. The molecule has 18 heavy (non-hydrogen) atoms. The largest absolute Gasteiger partial charge is 0.476 e. The monoisotopic (exact) mass is 285 g/mol. The third-order valence-electron chi connectivity index (χ3n) is 2.29. The van der Waals surface area contributed by atoms with Gasteiger partial charge in [0.15, 0.2) is 11.5 Å². The van der Waals surface area contributed by atoms with Crippen LogP contribution in [0.2, 0.25) is 10.0 Å². The van der Waals surface area contributed by atoms with Crippen LogP contribution in [-0.4, -0.2) is 16.1 Å². The van der Waals surface area contributed by atoms with Crippen molar-refractivity contribution in [2.75, 3.05) is 0 Å². The zero-order chi connectivity index (χ0) is 13.3. The van der Waals surface area contributed by atoms with Crippen LogP contribution in [0, 0.1) is 5.82 Å². The molecule has 2 aromatic rings. The second-order valence-corrected chi connectivity index (χ2v) is 4.33. The molecule has 0 aliphatic rings. The molecule has 1 aromatic heterocycles. The lowest BCUT2D eigenvalue weighted by molar-refractivity contribution is 0.0685. The van der Waals surface area contributed by atoms with Gasteiger partial charge in [0.05, 0.1) is 0 Å². The van der Waals surface area contributed by atoms with Crippen molar-refractivity contribution >= 4 is 29.2 Å². The van der Waals surface area contributed by atoms with Crippen LogP contribution in [0.1, 0.15) is 10.5 Å². The molecule has 0 atom stereocenters. The highest BCUT2D eigenvalue weighted by atomic mass is 35.5. The van der Waals surface area contributed by atoms with Gasteiger partial charge in [-0.3, -0.25) is 0 Å². The quantitative estimate of drug-likeness (QED) is 0.911. The molecule has 0 unspecified atom stereocenters. The maximum atomic E-state index is 13.5. The first-order valence-corrected chi connectivity index (χ1v) is 5.59. The maximum Gasteiger partial charge on any atom is 0.357 e. The molecule has 0 aliphatic carbocycles. The van der Waals surface area contributed by atoms with Gasteiger partial charge in [-0.2, -0.15) is 0 Å². The van der Waals surface area contributed by atoms with Crippen LogP contribution < -0.4 is 0 Å². The molecule has 0 bridgehead atoms. The number of benzene rings is 1. The van der Waals surface area contributed by atoms with E-state index in [1.807, 2.05) is 0 Å². The molecular formula is C12H6Cl2FNO2. The highest BCUT2D eigenvalue weighted by Crippen LogP contribution is 2.30. The van der Waals surface area contributed by atoms with Gasteiger partial charge >= 0.3 is 5.97 Å². The number of carbonyl (C=O) groups is 1. The van der Waals surface area contributed by atoms with Gasteiger partial charge in [-0.15, -0.1) is 0 Å². The number of rotatable bonds is 2. The molecule has 0 saturated heterocycles. The molecular weight excluding hydrogens is 280 g/mol. The van der Waals surface area contributed by atoms with Crippen LogP contribution in [-0.2, 0) is 0 Å². The molecule has 0 aliphatic heterocycles. The topological polar surface area (TPSA) is 50.2 Å². The summed E-state index contributed by atoms with van der Waals surface area (Å²) >= 11 is 11.7. The van der Waals surface area contributed by atoms with Gasteiger partial charge in [-0.25, -0.2) is 14.2 Å². The number of carboxylic acids is 1. The molecule has 2 rings (SSSR count). The van der Waals surface area contributed by atoms with E-state index in [0.29, 0.717) is 21.2 Å². The number of carboxylic acid groups (broad SMARTS) is 1. The number of hydrogen-bond donors (Lipinski definition) is 1. The standard InChI is InChI=1S/C12H6Cl2FNO2/c13-7-1-2-8(9(14)4-7)6-3-10(15)11(12(17)18)16-5-6/h1-5H,(H,17,18). The van der Waals surface area contributed by atoms with Gasteiger partial charge in [0.1, 0.15) is 0 Å². The average Bonchev–Trinajstić information content (AvgIpc) is 2.28. The molecule has 92 valence electrons. The van der Waals surface area contributed by atoms with Gasteiger partial charge < -0.3 is 5.11 Å². The number of nitrogens with zero attached hydrogens (tertiary/aromatic N) is 1. The Morgan fingerprint density at radius 1 is 1.28 bits per heavy atom. The van der Waals surface area contributed by atoms with E-state index < -0.39 is 17.5 Å². The van der Waals surface area contributed by atoms with Crippen LogP contribution in [0.4, 0.5) is 4.39 Å². The zero-order valence-electron chi connectivity index (χ0n) is 8.82. The van der Waals surface area contributed by atoms with E-state index in [9.17, 15) is 9.18 Å². The summed E-state index contributed by atoms with van der Waals surface area (Å²) in [4.78, 5) is 14.2. The van der Waals surface area contributed by atoms with Crippen LogP contribution in [0.15, 0.2) is 30.5 Å². The minimum Gasteiger partial charge on any atom is -0.476 e. The van der Waals surface area contributed by atoms with Gasteiger partial charge in [0, 0.05) is 27.4 Å². The van der Waals surface area contributed by atoms with Gasteiger partial charge in [-0.1, -0.05) is 29.3 Å². The number of halogens is 3. The molecule has 1 heterocycles. The Bertz CT molecular complexity index is 631. The Labute approximate surface area is 112 Å². The van der Waals surface area contributed by atoms with Crippen molar-refractivity contribution in [2.45, 2.75) is 0 Å². The molecule has 1 aromatic carbocycles. The Morgan fingerprint density at radius 2 is 2.00 bits per heavy atom. The zero-order valence-corrected chi connectivity index (χ0v) is 10.3. The van der Waals surface area contributed by atoms with E-state index in [1.54, 1.807) is 12.1 Å². The van der Waals surface area contributed by atoms with Crippen LogP contribution >= 0.6 is 23.2 Å². The Morgan fingerprint density at radius 3 is 2.56 bits per heavy atom. The van der Waals surface area contributed by atoms with Crippen molar-refractivity contribution in [3.63, 3.8) is 0 Å². The smallest absolute Gasteiger partial charge is 0.357 e. The van der Waals surface area contributed by atoms with Crippen molar-refractivity contribution in [2.24, 2.45) is 0 Å². The molecule has 0 amide bonds. The van der Waals surface area contributed by atoms with Crippen molar-refractivity contribution in [1.29, 1.82) is 0 Å². The van der Waals surface area contributed by atoms with Crippen LogP contribution in [0.3, 0.4) is 0 Å². The van der Waals surface area contributed by atoms with Crippen molar-refractivity contribution in [1.82, 2.24) is 4.98 Å². The number of aromatic nitrogens is 1. The summed E-state index contributed by atoms with van der Waals surface area (Å²) in [5.41, 5.74) is 0.299. The fourth-order valence-electron chi connectivity index (χ4n) is 1.47. The lowest BCUT2D eigenvalue weighted by atomic mass is 10.1. The van der Waals surface area contributed by atoms with E-state index in [1.165, 1.54) is 12.3 Å². The summed E-state index contributed by atoms with van der Waals surface area (Å²) in [6.07, 6.45) is 1.25. The molecule has 1 N–H and O–H groups in total. The predicted molar refractivity (Wildman–Crippen MR) is 66.6 cm³/mol. The first kappa shape index (κ1) is 12.8. The second-order valence-electron chi connectivity index (χ2n) is 3.48. The first-order chi connectivity index (χ1) is 8.49. The Hall–Kier alpha value is -1.65. The SMILES string of the molecule is O=C(O)c1ncc(-c2ccc(Cl)cc2Cl)cc1F. The lowest BCUT2D eigenvalue weighted by Gasteiger charge is -2.05. The van der Waals surface area contributed by atoms with Gasteiger partial charge in [0.2, 0.25) is 0 Å². The van der Waals surface area contributed by atoms with E-state index >= 15 is 0 Å². The van der Waals surface area contributed by atoms with E-state index in [0.717, 1.165) is 6.07 Å². The van der Waals surface area contributed by atoms with Gasteiger partial charge in [0.25, 0.3) is 0 Å². The van der Waals surface area contributed by atoms with E-state index in [-0.39, 0.29) is 0 Å². The average molecular weight is 286 g/mol. The van der Waals surface area contributed by atoms with Crippen molar-refractivity contribution in [3.05, 3.63) is 52.0 Å². The maximum absolute atomic E-state index is 13.5. The normalized spacial score (nSPS) is 10.4. The highest BCUT2D eigenvalue weighted by molar-refractivity contribution is 6.36. The number of hydrogen-bond acceptors (Lipinski definition) is 2. The molecule has 0 saturated carbocycles. The fraction of sp³-hybridized carbons (Fsp3) is 0. The number of aromatic carboxylic acids is 1. The minimum atomic E-state index is -1.42. The fourth-order valence-corrected chi connectivity index (χ4v) is 1.98. The molecule has 0 spiro atoms. The molecule has 3 nitrogen and oxygen atoms in total. The molecule has 0 radical (unpaired) electrons. The summed E-state index contributed by atoms with van der Waals surface area (Å²) in [5.74, 6) is -2.33. The number of pyridine rings is 1. The third-order valence-corrected chi connectivity index (χ3v) is 2.83. The van der Waals surface area contributed by atoms with Gasteiger partial charge in [-0.05, 0) is 18.2 Å². The highest BCUT2D eigenvalue weighted by Gasteiger charge is 2.14. The Balaban J connectivity index is 2.52. The first-order valence-electron chi connectivity index (χ1n) is 4.83. The van der Waals surface area contributed by atoms with E-state index in [2.05, 4.69) is 4.98 Å². The van der Waals surface area contributed by atoms with E-state index in [4.69, 9.17) is 28.3 Å². The summed E-state index contributed by atoms with van der Waals surface area (Å²) in [7, 11) is 0. The van der Waals surface area contributed by atoms with Crippen molar-refractivity contribution < 1.29 is 14.3 Å². The second kappa shape index (κ2) is 4.92. The van der Waals surface area contributed by atoms with Crippen LogP contribution in [0.5, 0.6) is 0 Å². The summed E-state index contributed by atoms with van der Waals surface area (Å²) in [6.45, 7) is 0. The summed E-state index contributed by atoms with van der Waals surface area (Å²) < 4.78 is 13.5. The summed E-state index contributed by atoms with van der Waals surface area (Å²) in [6, 6.07) is 5.81. The molecule has 6 heteroatoms. The lowest BCUT2D eigenvalue weighted by Crippen LogP contribution is -2.04. The van der Waals surface area contributed by atoms with Crippen LogP contribution in [0.25, 0.3) is 11.1 Å². The van der Waals surface area contributed by atoms with Crippen molar-refractivity contribution in [3.8, 4) is 11.1 Å². The third kappa shape index (κ3) is 2.44. The molecule has 0 fully saturated rings.